The molecule has 36 heavy (non-hydrogen) atoms. The van der Waals surface area contributed by atoms with Gasteiger partial charge in [-0.15, -0.1) is 0 Å². The third kappa shape index (κ3) is 4.73. The lowest BCUT2D eigenvalue weighted by Gasteiger charge is -2.25. The van der Waals surface area contributed by atoms with E-state index >= 15 is 0 Å². The quantitative estimate of drug-likeness (QED) is 0.225. The lowest BCUT2D eigenvalue weighted by molar-refractivity contribution is -0.142. The first-order valence-electron chi connectivity index (χ1n) is 11.6. The summed E-state index contributed by atoms with van der Waals surface area (Å²) in [4.78, 5) is 39.8. The SMILES string of the molecule is CCOC(=O)Cc1ccc(N2C(=O)C(=O)/C(=C(\O)c3ccc(OC)cc3C)C2c2ccccc2)cc1. The highest BCUT2D eigenvalue weighted by atomic mass is 16.5. The molecule has 1 aliphatic rings. The van der Waals surface area contributed by atoms with Crippen molar-refractivity contribution in [3.63, 3.8) is 0 Å². The molecule has 3 aromatic rings. The molecular formula is C29H27NO6. The van der Waals surface area contributed by atoms with E-state index in [9.17, 15) is 19.5 Å². The summed E-state index contributed by atoms with van der Waals surface area (Å²) in [7, 11) is 1.55. The Morgan fingerprint density at radius 2 is 1.69 bits per heavy atom. The Labute approximate surface area is 209 Å². The number of methoxy groups -OCH3 is 1. The largest absolute Gasteiger partial charge is 0.507 e. The zero-order valence-electron chi connectivity index (χ0n) is 20.4. The second-order valence-electron chi connectivity index (χ2n) is 8.41. The average Bonchev–Trinajstić information content (AvgIpc) is 3.15. The normalized spacial score (nSPS) is 16.8. The molecule has 7 nitrogen and oxygen atoms in total. The molecule has 0 aliphatic carbocycles. The molecule has 0 spiro atoms. The van der Waals surface area contributed by atoms with E-state index in [1.54, 1.807) is 63.4 Å². The standard InChI is InChI=1S/C29H27NO6/c1-4-36-24(31)17-19-10-12-21(13-11-19)30-26(20-8-6-5-7-9-20)25(28(33)29(30)34)27(32)23-15-14-22(35-3)16-18(23)2/h5-16,26,32H,4,17H2,1-3H3/b27-25-. The minimum Gasteiger partial charge on any atom is -0.507 e. The van der Waals surface area contributed by atoms with Crippen LogP contribution in [0, 0.1) is 6.92 Å². The van der Waals surface area contributed by atoms with Gasteiger partial charge in [-0.2, -0.15) is 0 Å². The topological polar surface area (TPSA) is 93.1 Å². The van der Waals surface area contributed by atoms with Crippen LogP contribution in [0.2, 0.25) is 0 Å². The molecule has 1 N–H and O–H groups in total. The van der Waals surface area contributed by atoms with Crippen LogP contribution in [-0.4, -0.2) is 36.5 Å². The van der Waals surface area contributed by atoms with Crippen LogP contribution < -0.4 is 9.64 Å². The number of anilines is 1. The lowest BCUT2D eigenvalue weighted by atomic mass is 9.93. The molecule has 1 amide bonds. The Balaban J connectivity index is 1.81. The molecule has 1 heterocycles. The number of aliphatic hydroxyl groups excluding tert-OH is 1. The maximum Gasteiger partial charge on any atom is 0.310 e. The van der Waals surface area contributed by atoms with E-state index in [0.29, 0.717) is 34.7 Å². The third-order valence-corrected chi connectivity index (χ3v) is 6.12. The number of hydrogen-bond acceptors (Lipinski definition) is 6. The molecule has 1 unspecified atom stereocenters. The van der Waals surface area contributed by atoms with Crippen LogP contribution in [0.15, 0.2) is 78.4 Å². The molecular weight excluding hydrogens is 458 g/mol. The summed E-state index contributed by atoms with van der Waals surface area (Å²) in [6.45, 7) is 3.84. The van der Waals surface area contributed by atoms with E-state index in [-0.39, 0.29) is 23.7 Å². The van der Waals surface area contributed by atoms with E-state index < -0.39 is 17.7 Å². The number of aryl methyl sites for hydroxylation is 1. The first-order valence-corrected chi connectivity index (χ1v) is 11.6. The maximum absolute atomic E-state index is 13.3. The molecule has 1 aliphatic heterocycles. The molecule has 7 heteroatoms. The smallest absolute Gasteiger partial charge is 0.310 e. The van der Waals surface area contributed by atoms with Crippen LogP contribution in [0.5, 0.6) is 5.75 Å². The number of Topliss-reactive ketones (excluding diaryl/α,β-unsaturated/α-hetero) is 1. The van der Waals surface area contributed by atoms with Crippen molar-refractivity contribution in [1.29, 1.82) is 0 Å². The molecule has 0 bridgehead atoms. The zero-order chi connectivity index (χ0) is 25.8. The highest BCUT2D eigenvalue weighted by Crippen LogP contribution is 2.42. The number of aliphatic hydroxyl groups is 1. The second kappa shape index (κ2) is 10.5. The van der Waals surface area contributed by atoms with Gasteiger partial charge in [-0.25, -0.2) is 0 Å². The van der Waals surface area contributed by atoms with E-state index in [2.05, 4.69) is 0 Å². The Morgan fingerprint density at radius 3 is 2.31 bits per heavy atom. The van der Waals surface area contributed by atoms with Gasteiger partial charge in [0, 0.05) is 11.3 Å². The molecule has 3 aromatic carbocycles. The number of amides is 1. The highest BCUT2D eigenvalue weighted by Gasteiger charge is 2.47. The highest BCUT2D eigenvalue weighted by molar-refractivity contribution is 6.51. The van der Waals surface area contributed by atoms with Gasteiger partial charge in [0.2, 0.25) is 0 Å². The van der Waals surface area contributed by atoms with E-state index in [4.69, 9.17) is 9.47 Å². The minimum absolute atomic E-state index is 0.00932. The predicted octanol–water partition coefficient (Wildman–Crippen LogP) is 4.74. The molecule has 0 saturated carbocycles. The van der Waals surface area contributed by atoms with Crippen LogP contribution in [0.1, 0.15) is 35.2 Å². The predicted molar refractivity (Wildman–Crippen MR) is 136 cm³/mol. The van der Waals surface area contributed by atoms with E-state index in [0.717, 1.165) is 5.56 Å². The number of nitrogens with zero attached hydrogens (tertiary/aromatic N) is 1. The van der Waals surface area contributed by atoms with Crippen molar-refractivity contribution in [1.82, 2.24) is 0 Å². The van der Waals surface area contributed by atoms with Gasteiger partial charge in [0.1, 0.15) is 11.5 Å². The van der Waals surface area contributed by atoms with Gasteiger partial charge >= 0.3 is 5.97 Å². The Hall–Kier alpha value is -4.39. The third-order valence-electron chi connectivity index (χ3n) is 6.12. The molecule has 4 rings (SSSR count). The number of ketones is 1. The van der Waals surface area contributed by atoms with Crippen molar-refractivity contribution in [2.75, 3.05) is 18.6 Å². The van der Waals surface area contributed by atoms with Gasteiger partial charge in [-0.1, -0.05) is 42.5 Å². The Morgan fingerprint density at radius 1 is 1.00 bits per heavy atom. The Bertz CT molecular complexity index is 1330. The fourth-order valence-electron chi connectivity index (χ4n) is 4.38. The van der Waals surface area contributed by atoms with E-state index in [1.165, 1.54) is 4.90 Å². The molecule has 0 aromatic heterocycles. The van der Waals surface area contributed by atoms with Crippen LogP contribution in [0.25, 0.3) is 5.76 Å². The zero-order valence-corrected chi connectivity index (χ0v) is 20.4. The number of carbonyl (C=O) groups is 3. The fourth-order valence-corrected chi connectivity index (χ4v) is 4.38. The number of carbonyl (C=O) groups excluding carboxylic acids is 3. The van der Waals surface area contributed by atoms with Crippen molar-refractivity contribution < 1.29 is 29.0 Å². The van der Waals surface area contributed by atoms with Crippen molar-refractivity contribution in [2.45, 2.75) is 26.3 Å². The summed E-state index contributed by atoms with van der Waals surface area (Å²) in [5, 5.41) is 11.3. The minimum atomic E-state index is -0.830. The number of esters is 1. The maximum atomic E-state index is 13.3. The second-order valence-corrected chi connectivity index (χ2v) is 8.41. The molecule has 1 atom stereocenters. The lowest BCUT2D eigenvalue weighted by Crippen LogP contribution is -2.29. The summed E-state index contributed by atoms with van der Waals surface area (Å²) in [6.07, 6.45) is 0.103. The fraction of sp³-hybridized carbons (Fsp3) is 0.207. The van der Waals surface area contributed by atoms with Gasteiger partial charge in [0.15, 0.2) is 0 Å². The summed E-state index contributed by atoms with van der Waals surface area (Å²) >= 11 is 0. The van der Waals surface area contributed by atoms with Gasteiger partial charge in [0.05, 0.1) is 31.8 Å². The van der Waals surface area contributed by atoms with Gasteiger partial charge < -0.3 is 14.6 Å². The summed E-state index contributed by atoms with van der Waals surface area (Å²) in [6, 6.07) is 20.2. The van der Waals surface area contributed by atoms with Crippen molar-refractivity contribution in [2.24, 2.45) is 0 Å². The number of ether oxygens (including phenoxy) is 2. The van der Waals surface area contributed by atoms with E-state index in [1.807, 2.05) is 30.3 Å². The first-order chi connectivity index (χ1) is 17.3. The summed E-state index contributed by atoms with van der Waals surface area (Å²) in [5.74, 6) is -1.48. The number of rotatable bonds is 7. The molecule has 1 fully saturated rings. The van der Waals surface area contributed by atoms with Crippen LogP contribution in [-0.2, 0) is 25.5 Å². The van der Waals surface area contributed by atoms with Gasteiger partial charge in [0.25, 0.3) is 11.7 Å². The van der Waals surface area contributed by atoms with Gasteiger partial charge in [-0.05, 0) is 60.9 Å². The Kier molecular flexibility index (Phi) is 7.20. The summed E-state index contributed by atoms with van der Waals surface area (Å²) < 4.78 is 10.2. The van der Waals surface area contributed by atoms with Crippen LogP contribution in [0.4, 0.5) is 5.69 Å². The average molecular weight is 486 g/mol. The van der Waals surface area contributed by atoms with Crippen LogP contribution in [0.3, 0.4) is 0 Å². The number of benzene rings is 3. The molecule has 1 saturated heterocycles. The first kappa shape index (κ1) is 24.7. The molecule has 184 valence electrons. The van der Waals surface area contributed by atoms with Gasteiger partial charge in [-0.3, -0.25) is 19.3 Å². The number of hydrogen-bond donors (Lipinski definition) is 1. The van der Waals surface area contributed by atoms with Crippen LogP contribution >= 0.6 is 0 Å². The van der Waals surface area contributed by atoms with Crippen molar-refractivity contribution in [3.8, 4) is 5.75 Å². The van der Waals surface area contributed by atoms with Crippen molar-refractivity contribution in [3.05, 3.63) is 101 Å². The monoisotopic (exact) mass is 485 g/mol. The van der Waals surface area contributed by atoms with Crippen molar-refractivity contribution >= 4 is 29.1 Å². The summed E-state index contributed by atoms with van der Waals surface area (Å²) in [5.41, 5.74) is 3.03. The molecule has 0 radical (unpaired) electrons.